The Labute approximate surface area is 182 Å². The largest absolute Gasteiger partial charge is 0.435 e. The summed E-state index contributed by atoms with van der Waals surface area (Å²) in [5, 5.41) is 7.01. The molecule has 12 heteroatoms. The van der Waals surface area contributed by atoms with Gasteiger partial charge in [-0.05, 0) is 38.1 Å². The fraction of sp³-hybridized carbons (Fsp3) is 0.500. The summed E-state index contributed by atoms with van der Waals surface area (Å²) in [5.74, 6) is -1.53. The van der Waals surface area contributed by atoms with E-state index in [1.54, 1.807) is 4.90 Å². The first-order chi connectivity index (χ1) is 15.2. The fourth-order valence-corrected chi connectivity index (χ4v) is 3.57. The quantitative estimate of drug-likeness (QED) is 0.622. The van der Waals surface area contributed by atoms with Crippen LogP contribution >= 0.6 is 0 Å². The van der Waals surface area contributed by atoms with Crippen LogP contribution in [0.4, 0.5) is 17.6 Å². The Morgan fingerprint density at radius 3 is 2.16 bits per heavy atom. The van der Waals surface area contributed by atoms with Gasteiger partial charge in [0.05, 0.1) is 12.2 Å². The molecule has 0 unspecified atom stereocenters. The highest BCUT2D eigenvalue weighted by atomic mass is 19.4. The van der Waals surface area contributed by atoms with Gasteiger partial charge in [-0.25, -0.2) is 9.07 Å². The molecular formula is C20H24F4N6O2. The molecule has 0 N–H and O–H groups in total. The van der Waals surface area contributed by atoms with Crippen molar-refractivity contribution in [3.63, 3.8) is 0 Å². The molecule has 2 heterocycles. The molecule has 3 rings (SSSR count). The number of carbonyl (C=O) groups is 2. The van der Waals surface area contributed by atoms with Gasteiger partial charge in [-0.15, -0.1) is 5.10 Å². The number of rotatable bonds is 6. The summed E-state index contributed by atoms with van der Waals surface area (Å²) in [6, 6.07) is 4.24. The van der Waals surface area contributed by atoms with Gasteiger partial charge in [0.1, 0.15) is 5.82 Å². The summed E-state index contributed by atoms with van der Waals surface area (Å²) in [7, 11) is 0. The Balaban J connectivity index is 1.75. The molecule has 0 spiro atoms. The number of aromatic nitrogens is 3. The Kier molecular flexibility index (Phi) is 7.12. The molecule has 1 aromatic heterocycles. The van der Waals surface area contributed by atoms with Crippen LogP contribution in [0.3, 0.4) is 0 Å². The van der Waals surface area contributed by atoms with E-state index in [1.165, 1.54) is 4.90 Å². The molecule has 0 atom stereocenters. The number of nitrogens with zero attached hydrogens (tertiary/aromatic N) is 6. The zero-order chi connectivity index (χ0) is 23.5. The maximum absolute atomic E-state index is 13.8. The number of piperazine rings is 1. The van der Waals surface area contributed by atoms with Crippen molar-refractivity contribution < 1.29 is 27.2 Å². The molecule has 1 aromatic carbocycles. The highest BCUT2D eigenvalue weighted by molar-refractivity contribution is 5.93. The SMILES string of the molecule is CCN(CC)C(=O)CN1CCN(C(=O)c2nnn(-c3ccc(F)cc3)c2C(F)(F)F)CC1. The van der Waals surface area contributed by atoms with Gasteiger partial charge in [-0.2, -0.15) is 13.2 Å². The zero-order valence-electron chi connectivity index (χ0n) is 17.8. The molecule has 0 saturated carbocycles. The Morgan fingerprint density at radius 2 is 1.62 bits per heavy atom. The van der Waals surface area contributed by atoms with Gasteiger partial charge in [-0.3, -0.25) is 14.5 Å². The first kappa shape index (κ1) is 23.6. The van der Waals surface area contributed by atoms with Crippen LogP contribution in [0.1, 0.15) is 30.0 Å². The van der Waals surface area contributed by atoms with Crippen molar-refractivity contribution in [3.05, 3.63) is 41.5 Å². The fourth-order valence-electron chi connectivity index (χ4n) is 3.57. The summed E-state index contributed by atoms with van der Waals surface area (Å²) in [5.41, 5.74) is -2.19. The van der Waals surface area contributed by atoms with Gasteiger partial charge in [0.25, 0.3) is 5.91 Å². The first-order valence-electron chi connectivity index (χ1n) is 10.2. The second kappa shape index (κ2) is 9.63. The topological polar surface area (TPSA) is 74.6 Å². The van der Waals surface area contributed by atoms with Gasteiger partial charge >= 0.3 is 6.18 Å². The van der Waals surface area contributed by atoms with Crippen LogP contribution in [0.25, 0.3) is 5.69 Å². The van der Waals surface area contributed by atoms with Crippen LogP contribution in [-0.4, -0.2) is 87.3 Å². The zero-order valence-corrected chi connectivity index (χ0v) is 17.8. The minimum Gasteiger partial charge on any atom is -0.342 e. The first-order valence-corrected chi connectivity index (χ1v) is 10.2. The lowest BCUT2D eigenvalue weighted by Crippen LogP contribution is -2.51. The summed E-state index contributed by atoms with van der Waals surface area (Å²) >= 11 is 0. The Bertz CT molecular complexity index is 948. The summed E-state index contributed by atoms with van der Waals surface area (Å²) in [4.78, 5) is 29.9. The predicted octanol–water partition coefficient (Wildman–Crippen LogP) is 2.05. The molecule has 8 nitrogen and oxygen atoms in total. The molecule has 1 fully saturated rings. The lowest BCUT2D eigenvalue weighted by atomic mass is 10.2. The predicted molar refractivity (Wildman–Crippen MR) is 107 cm³/mol. The van der Waals surface area contributed by atoms with Crippen molar-refractivity contribution in [3.8, 4) is 5.69 Å². The van der Waals surface area contributed by atoms with Crippen molar-refractivity contribution in [2.75, 3.05) is 45.8 Å². The minimum atomic E-state index is -4.90. The number of hydrogen-bond donors (Lipinski definition) is 0. The van der Waals surface area contributed by atoms with Gasteiger partial charge in [0.2, 0.25) is 5.91 Å². The molecule has 32 heavy (non-hydrogen) atoms. The number of carbonyl (C=O) groups excluding carboxylic acids is 2. The molecule has 2 aromatic rings. The molecule has 1 aliphatic rings. The lowest BCUT2D eigenvalue weighted by Gasteiger charge is -2.35. The maximum atomic E-state index is 13.8. The number of alkyl halides is 3. The van der Waals surface area contributed by atoms with E-state index in [-0.39, 0.29) is 31.2 Å². The molecule has 0 radical (unpaired) electrons. The standard InChI is InChI=1S/C20H24F4N6O2/c1-3-28(4-2)16(31)13-27-9-11-29(12-10-27)19(32)17-18(20(22,23)24)30(26-25-17)15-7-5-14(21)6-8-15/h5-8H,3-4,9-13H2,1-2H3. The average Bonchev–Trinajstić information content (AvgIpc) is 3.21. The minimum absolute atomic E-state index is 0.0311. The van der Waals surface area contributed by atoms with E-state index in [9.17, 15) is 27.2 Å². The van der Waals surface area contributed by atoms with E-state index in [0.717, 1.165) is 24.3 Å². The van der Waals surface area contributed by atoms with Crippen LogP contribution in [0.5, 0.6) is 0 Å². The van der Waals surface area contributed by atoms with Crippen LogP contribution in [0.15, 0.2) is 24.3 Å². The number of halogens is 4. The van der Waals surface area contributed by atoms with E-state index >= 15 is 0 Å². The molecule has 1 aliphatic heterocycles. The molecule has 1 saturated heterocycles. The van der Waals surface area contributed by atoms with Gasteiger partial charge < -0.3 is 9.80 Å². The molecule has 0 bridgehead atoms. The van der Waals surface area contributed by atoms with E-state index in [2.05, 4.69) is 10.3 Å². The average molecular weight is 456 g/mol. The van der Waals surface area contributed by atoms with Crippen LogP contribution in [0, 0.1) is 5.82 Å². The van der Waals surface area contributed by atoms with Crippen molar-refractivity contribution in [2.45, 2.75) is 20.0 Å². The highest BCUT2D eigenvalue weighted by Crippen LogP contribution is 2.33. The lowest BCUT2D eigenvalue weighted by molar-refractivity contribution is -0.143. The molecule has 174 valence electrons. The number of hydrogen-bond acceptors (Lipinski definition) is 5. The van der Waals surface area contributed by atoms with Crippen LogP contribution in [-0.2, 0) is 11.0 Å². The third kappa shape index (κ3) is 5.06. The van der Waals surface area contributed by atoms with Gasteiger partial charge in [0, 0.05) is 39.3 Å². The van der Waals surface area contributed by atoms with E-state index in [4.69, 9.17) is 0 Å². The Morgan fingerprint density at radius 1 is 1.03 bits per heavy atom. The van der Waals surface area contributed by atoms with Crippen LogP contribution < -0.4 is 0 Å². The third-order valence-corrected chi connectivity index (χ3v) is 5.35. The maximum Gasteiger partial charge on any atom is 0.435 e. The van der Waals surface area contributed by atoms with Gasteiger partial charge in [0.15, 0.2) is 11.4 Å². The number of amides is 2. The van der Waals surface area contributed by atoms with Crippen molar-refractivity contribution in [2.24, 2.45) is 0 Å². The summed E-state index contributed by atoms with van der Waals surface area (Å²) in [6.45, 7) is 6.17. The highest BCUT2D eigenvalue weighted by Gasteiger charge is 2.43. The van der Waals surface area contributed by atoms with Crippen molar-refractivity contribution in [1.82, 2.24) is 29.7 Å². The molecule has 0 aliphatic carbocycles. The van der Waals surface area contributed by atoms with Crippen molar-refractivity contribution >= 4 is 11.8 Å². The second-order valence-corrected chi connectivity index (χ2v) is 7.31. The molecule has 2 amide bonds. The summed E-state index contributed by atoms with van der Waals surface area (Å²) in [6.07, 6.45) is -4.90. The normalized spacial score (nSPS) is 15.1. The van der Waals surface area contributed by atoms with E-state index < -0.39 is 29.3 Å². The van der Waals surface area contributed by atoms with E-state index in [0.29, 0.717) is 30.9 Å². The summed E-state index contributed by atoms with van der Waals surface area (Å²) < 4.78 is 55.0. The number of benzene rings is 1. The van der Waals surface area contributed by atoms with Gasteiger partial charge in [-0.1, -0.05) is 5.21 Å². The molecular weight excluding hydrogens is 432 g/mol. The second-order valence-electron chi connectivity index (χ2n) is 7.31. The number of likely N-dealkylation sites (N-methyl/N-ethyl adjacent to an activating group) is 1. The third-order valence-electron chi connectivity index (χ3n) is 5.35. The monoisotopic (exact) mass is 456 g/mol. The smallest absolute Gasteiger partial charge is 0.342 e. The Hall–Kier alpha value is -3.02. The van der Waals surface area contributed by atoms with Crippen molar-refractivity contribution in [1.29, 1.82) is 0 Å². The van der Waals surface area contributed by atoms with E-state index in [1.807, 2.05) is 18.7 Å². The van der Waals surface area contributed by atoms with Crippen LogP contribution in [0.2, 0.25) is 0 Å².